The van der Waals surface area contributed by atoms with Crippen molar-refractivity contribution in [2.75, 3.05) is 0 Å². The summed E-state index contributed by atoms with van der Waals surface area (Å²) in [5, 5.41) is 0. The summed E-state index contributed by atoms with van der Waals surface area (Å²) in [5.74, 6) is 0. The summed E-state index contributed by atoms with van der Waals surface area (Å²) in [6, 6.07) is 40.8. The maximum Gasteiger partial charge on any atom is 0.148 e. The first-order valence-electron chi connectivity index (χ1n) is 14.5. The minimum atomic E-state index is 0.577. The fourth-order valence-corrected chi connectivity index (χ4v) is 5.48. The van der Waals surface area contributed by atoms with Gasteiger partial charge in [0.15, 0.2) is 0 Å². The van der Waals surface area contributed by atoms with Gasteiger partial charge < -0.3 is 0 Å². The Labute approximate surface area is 225 Å². The van der Waals surface area contributed by atoms with Gasteiger partial charge in [-0.3, -0.25) is 0 Å². The fraction of sp³-hybridized carbons (Fsp3) is 0.333. The second kappa shape index (κ2) is 14.0. The van der Waals surface area contributed by atoms with Crippen LogP contribution >= 0.6 is 0 Å². The summed E-state index contributed by atoms with van der Waals surface area (Å²) in [6.07, 6.45) is 12.7. The molecule has 0 aliphatic rings. The second-order valence-corrected chi connectivity index (χ2v) is 10.3. The van der Waals surface area contributed by atoms with Crippen LogP contribution in [0.15, 0.2) is 109 Å². The van der Waals surface area contributed by atoms with Crippen LogP contribution in [-0.4, -0.2) is 0 Å². The molecule has 1 heteroatoms. The molecule has 4 aromatic rings. The summed E-state index contributed by atoms with van der Waals surface area (Å²) < 4.78 is 0.577. The molecule has 4 rings (SSSR count). The Morgan fingerprint density at radius 2 is 0.730 bits per heavy atom. The molecule has 0 unspecified atom stereocenters. The molecule has 37 heavy (non-hydrogen) atoms. The van der Waals surface area contributed by atoms with Gasteiger partial charge in [-0.2, -0.15) is 4.48 Å². The molecule has 0 amide bonds. The van der Waals surface area contributed by atoms with Crippen LogP contribution in [0.25, 0.3) is 0 Å². The largest absolute Gasteiger partial charge is 0.194 e. The molecule has 0 aliphatic heterocycles. The van der Waals surface area contributed by atoms with Gasteiger partial charge in [0, 0.05) is 48.5 Å². The van der Waals surface area contributed by atoms with Crippen LogP contribution < -0.4 is 4.48 Å². The third-order valence-electron chi connectivity index (χ3n) is 7.57. The molecule has 0 heterocycles. The molecule has 1 nitrogen and oxygen atoms in total. The van der Waals surface area contributed by atoms with Gasteiger partial charge in [0.1, 0.15) is 22.7 Å². The van der Waals surface area contributed by atoms with Gasteiger partial charge in [0.25, 0.3) is 0 Å². The number of hydrogen-bond donors (Lipinski definition) is 0. The second-order valence-electron chi connectivity index (χ2n) is 10.3. The standard InChI is InChI=1S/C36H44N/c1-3-5-7-11-17-31-23-27-35(28-24-31)37(33-19-13-9-14-20-33,34-21-15-10-16-22-34)36-29-25-32(26-30-36)18-12-8-6-4-2/h9-10,13-16,19-30H,3-8,11-12,17-18H2,1-2H3/q+1. The monoisotopic (exact) mass is 490 g/mol. The highest BCUT2D eigenvalue weighted by Crippen LogP contribution is 2.51. The van der Waals surface area contributed by atoms with E-state index >= 15 is 0 Å². The summed E-state index contributed by atoms with van der Waals surface area (Å²) in [6.45, 7) is 4.55. The minimum absolute atomic E-state index is 0.577. The van der Waals surface area contributed by atoms with Crippen molar-refractivity contribution in [3.05, 3.63) is 120 Å². The first-order chi connectivity index (χ1) is 18.3. The van der Waals surface area contributed by atoms with Crippen LogP contribution in [0.5, 0.6) is 0 Å². The number of quaternary nitrogens is 1. The Balaban J connectivity index is 1.76. The van der Waals surface area contributed by atoms with Gasteiger partial charge >= 0.3 is 0 Å². The molecule has 4 aromatic carbocycles. The number of nitrogens with zero attached hydrogens (tertiary/aromatic N) is 1. The SMILES string of the molecule is CCCCCCc1ccc([N+](c2ccccc2)(c2ccccc2)c2ccc(CCCCCC)cc2)cc1. The maximum absolute atomic E-state index is 2.35. The molecular formula is C36H44N+. The van der Waals surface area contributed by atoms with E-state index in [2.05, 4.69) is 123 Å². The zero-order valence-corrected chi connectivity index (χ0v) is 22.9. The third-order valence-corrected chi connectivity index (χ3v) is 7.57. The highest BCUT2D eigenvalue weighted by molar-refractivity contribution is 5.81. The van der Waals surface area contributed by atoms with Crippen molar-refractivity contribution in [3.63, 3.8) is 0 Å². The van der Waals surface area contributed by atoms with Crippen molar-refractivity contribution >= 4 is 22.7 Å². The Kier molecular flexibility index (Phi) is 10.1. The predicted octanol–water partition coefficient (Wildman–Crippen LogP) is 11.2. The van der Waals surface area contributed by atoms with E-state index in [0.29, 0.717) is 4.48 Å². The molecule has 0 saturated heterocycles. The number of hydrogen-bond acceptors (Lipinski definition) is 0. The summed E-state index contributed by atoms with van der Waals surface area (Å²) in [5.41, 5.74) is 7.90. The first kappa shape index (κ1) is 26.9. The molecule has 0 atom stereocenters. The topological polar surface area (TPSA) is 0 Å². The molecule has 0 radical (unpaired) electrons. The van der Waals surface area contributed by atoms with Crippen molar-refractivity contribution in [1.29, 1.82) is 0 Å². The van der Waals surface area contributed by atoms with Crippen molar-refractivity contribution in [2.45, 2.75) is 78.1 Å². The molecule has 0 saturated carbocycles. The van der Waals surface area contributed by atoms with Gasteiger partial charge in [0.2, 0.25) is 0 Å². The summed E-state index contributed by atoms with van der Waals surface area (Å²) in [4.78, 5) is 0. The molecule has 0 fully saturated rings. The van der Waals surface area contributed by atoms with Gasteiger partial charge in [-0.1, -0.05) is 113 Å². The molecule has 0 bridgehead atoms. The van der Waals surface area contributed by atoms with E-state index in [0.717, 1.165) is 12.8 Å². The fourth-order valence-electron chi connectivity index (χ4n) is 5.48. The Morgan fingerprint density at radius 3 is 1.08 bits per heavy atom. The zero-order valence-electron chi connectivity index (χ0n) is 22.9. The lowest BCUT2D eigenvalue weighted by atomic mass is 10.0. The predicted molar refractivity (Wildman–Crippen MR) is 162 cm³/mol. The van der Waals surface area contributed by atoms with E-state index in [9.17, 15) is 0 Å². The molecule has 0 spiro atoms. The lowest BCUT2D eigenvalue weighted by molar-refractivity contribution is 0.665. The average Bonchev–Trinajstić information content (AvgIpc) is 2.96. The van der Waals surface area contributed by atoms with E-state index in [-0.39, 0.29) is 0 Å². The summed E-state index contributed by atoms with van der Waals surface area (Å²) >= 11 is 0. The number of aryl methyl sites for hydroxylation is 2. The number of unbranched alkanes of at least 4 members (excludes halogenated alkanes) is 6. The first-order valence-corrected chi connectivity index (χ1v) is 14.5. The summed E-state index contributed by atoms with van der Waals surface area (Å²) in [7, 11) is 0. The number of para-hydroxylation sites is 2. The lowest BCUT2D eigenvalue weighted by Gasteiger charge is -2.37. The molecule has 0 aliphatic carbocycles. The zero-order chi connectivity index (χ0) is 25.8. The van der Waals surface area contributed by atoms with Crippen molar-refractivity contribution in [1.82, 2.24) is 4.48 Å². The highest BCUT2D eigenvalue weighted by Gasteiger charge is 2.38. The minimum Gasteiger partial charge on any atom is -0.194 e. The van der Waals surface area contributed by atoms with Crippen LogP contribution in [0.4, 0.5) is 22.7 Å². The van der Waals surface area contributed by atoms with Gasteiger partial charge in [-0.15, -0.1) is 0 Å². The highest BCUT2D eigenvalue weighted by atomic mass is 15.4. The molecule has 0 aromatic heterocycles. The smallest absolute Gasteiger partial charge is 0.148 e. The van der Waals surface area contributed by atoms with Gasteiger partial charge in [0.05, 0.1) is 0 Å². The Morgan fingerprint density at radius 1 is 0.378 bits per heavy atom. The van der Waals surface area contributed by atoms with Crippen LogP contribution in [0, 0.1) is 0 Å². The van der Waals surface area contributed by atoms with Crippen LogP contribution in [0.2, 0.25) is 0 Å². The molecule has 0 N–H and O–H groups in total. The molecule has 192 valence electrons. The maximum atomic E-state index is 2.35. The van der Waals surface area contributed by atoms with Crippen molar-refractivity contribution < 1.29 is 0 Å². The number of benzene rings is 4. The average molecular weight is 491 g/mol. The van der Waals surface area contributed by atoms with E-state index in [1.165, 1.54) is 85.2 Å². The Hall–Kier alpha value is -3.16. The van der Waals surface area contributed by atoms with E-state index < -0.39 is 0 Å². The lowest BCUT2D eigenvalue weighted by Crippen LogP contribution is -2.33. The normalized spacial score (nSPS) is 11.5. The third kappa shape index (κ3) is 6.59. The van der Waals surface area contributed by atoms with Gasteiger partial charge in [-0.25, -0.2) is 0 Å². The van der Waals surface area contributed by atoms with Crippen LogP contribution in [0.3, 0.4) is 0 Å². The van der Waals surface area contributed by atoms with Crippen LogP contribution in [-0.2, 0) is 12.8 Å². The van der Waals surface area contributed by atoms with E-state index in [1.54, 1.807) is 0 Å². The quantitative estimate of drug-likeness (QED) is 0.122. The molecular weight excluding hydrogens is 446 g/mol. The number of rotatable bonds is 14. The van der Waals surface area contributed by atoms with Crippen molar-refractivity contribution in [2.24, 2.45) is 0 Å². The van der Waals surface area contributed by atoms with Gasteiger partial charge in [-0.05, 0) is 36.8 Å². The van der Waals surface area contributed by atoms with E-state index in [1.807, 2.05) is 0 Å². The van der Waals surface area contributed by atoms with Crippen LogP contribution in [0.1, 0.15) is 76.3 Å². The van der Waals surface area contributed by atoms with E-state index in [4.69, 9.17) is 0 Å². The Bertz CT molecular complexity index is 1060. The van der Waals surface area contributed by atoms with Crippen molar-refractivity contribution in [3.8, 4) is 0 Å².